The topological polar surface area (TPSA) is 116 Å². The van der Waals surface area contributed by atoms with E-state index in [4.69, 9.17) is 5.11 Å². The molecule has 0 aromatic carbocycles. The summed E-state index contributed by atoms with van der Waals surface area (Å²) in [6.07, 6.45) is 1.02. The van der Waals surface area contributed by atoms with Gasteiger partial charge in [0.1, 0.15) is 0 Å². The van der Waals surface area contributed by atoms with Crippen molar-refractivity contribution in [2.24, 2.45) is 5.92 Å². The molecule has 0 aromatic rings. The number of piperidine rings is 1. The molecule has 1 aliphatic rings. The van der Waals surface area contributed by atoms with Crippen LogP contribution < -0.4 is 5.32 Å². The summed E-state index contributed by atoms with van der Waals surface area (Å²) in [4.78, 5) is 35.3. The summed E-state index contributed by atoms with van der Waals surface area (Å²) in [6, 6.07) is -0.449. The molecule has 1 unspecified atom stereocenters. The largest absolute Gasteiger partial charge is 0.479 e. The normalized spacial score (nSPS) is 19.1. The molecular weight excluding hydrogens is 268 g/mol. The molecule has 8 nitrogen and oxygen atoms in total. The minimum Gasteiger partial charge on any atom is -0.479 e. The highest BCUT2D eigenvalue weighted by Crippen LogP contribution is 2.18. The molecule has 2 amide bonds. The highest BCUT2D eigenvalue weighted by molar-refractivity contribution is 5.79. The number of likely N-dealkylation sites (tertiary alicyclic amines) is 1. The zero-order valence-corrected chi connectivity index (χ0v) is 11.6. The number of aliphatic carboxylic acids is 1. The second-order valence-electron chi connectivity index (χ2n) is 5.02. The Kier molecular flexibility index (Phi) is 5.32. The van der Waals surface area contributed by atoms with Crippen molar-refractivity contribution in [1.29, 1.82) is 0 Å². The molecule has 8 heteroatoms. The van der Waals surface area contributed by atoms with E-state index >= 15 is 0 Å². The number of carbonyl (C=O) groups is 3. The fourth-order valence-electron chi connectivity index (χ4n) is 1.92. The molecule has 20 heavy (non-hydrogen) atoms. The van der Waals surface area contributed by atoms with Crippen LogP contribution in [-0.4, -0.2) is 65.4 Å². The van der Waals surface area contributed by atoms with Gasteiger partial charge in [-0.3, -0.25) is 4.79 Å². The lowest BCUT2D eigenvalue weighted by Gasteiger charge is -2.31. The Morgan fingerprint density at radius 2 is 1.90 bits per heavy atom. The van der Waals surface area contributed by atoms with Crippen molar-refractivity contribution in [3.8, 4) is 0 Å². The number of carbonyl (C=O) groups excluding carboxylic acids is 2. The van der Waals surface area contributed by atoms with E-state index in [0.717, 1.165) is 6.92 Å². The van der Waals surface area contributed by atoms with Gasteiger partial charge in [0.15, 0.2) is 5.60 Å². The van der Waals surface area contributed by atoms with E-state index in [0.29, 0.717) is 25.9 Å². The molecule has 114 valence electrons. The second-order valence-corrected chi connectivity index (χ2v) is 5.02. The third-order valence-corrected chi connectivity index (χ3v) is 3.36. The van der Waals surface area contributed by atoms with Gasteiger partial charge in [-0.15, -0.1) is 0 Å². The van der Waals surface area contributed by atoms with E-state index in [1.807, 2.05) is 0 Å². The molecule has 1 heterocycles. The van der Waals surface area contributed by atoms with Crippen LogP contribution in [0.3, 0.4) is 0 Å². The molecule has 1 fully saturated rings. The minimum absolute atomic E-state index is 0.203. The van der Waals surface area contributed by atoms with Gasteiger partial charge >= 0.3 is 18.0 Å². The van der Waals surface area contributed by atoms with Crippen molar-refractivity contribution in [2.45, 2.75) is 25.4 Å². The average molecular weight is 288 g/mol. The number of urea groups is 1. The Morgan fingerprint density at radius 1 is 1.35 bits per heavy atom. The summed E-state index contributed by atoms with van der Waals surface area (Å²) in [7, 11) is 1.33. The predicted molar refractivity (Wildman–Crippen MR) is 68.0 cm³/mol. The number of methoxy groups -OCH3 is 1. The number of nitrogens with zero attached hydrogens (tertiary/aromatic N) is 1. The highest BCUT2D eigenvalue weighted by atomic mass is 16.5. The predicted octanol–water partition coefficient (Wildman–Crippen LogP) is -0.583. The first kappa shape index (κ1) is 16.2. The summed E-state index contributed by atoms with van der Waals surface area (Å²) < 4.78 is 4.65. The quantitative estimate of drug-likeness (QED) is 0.596. The van der Waals surface area contributed by atoms with Gasteiger partial charge < -0.3 is 25.2 Å². The van der Waals surface area contributed by atoms with Crippen LogP contribution in [-0.2, 0) is 14.3 Å². The molecule has 1 aliphatic heterocycles. The van der Waals surface area contributed by atoms with Crippen LogP contribution in [0.5, 0.6) is 0 Å². The van der Waals surface area contributed by atoms with Crippen molar-refractivity contribution in [1.82, 2.24) is 10.2 Å². The van der Waals surface area contributed by atoms with E-state index in [2.05, 4.69) is 10.1 Å². The van der Waals surface area contributed by atoms with Gasteiger partial charge in [-0.05, 0) is 19.8 Å². The van der Waals surface area contributed by atoms with E-state index in [1.165, 1.54) is 12.0 Å². The standard InChI is InChI=1S/C12H20N2O6/c1-12(19,10(16)17)7-13-11(18)14-5-3-8(4-6-14)9(15)20-2/h8,19H,3-7H2,1-2H3,(H,13,18)(H,16,17). The number of hydrogen-bond donors (Lipinski definition) is 3. The van der Waals surface area contributed by atoms with Crippen LogP contribution in [0.2, 0.25) is 0 Å². The fraction of sp³-hybridized carbons (Fsp3) is 0.750. The first-order valence-corrected chi connectivity index (χ1v) is 6.34. The first-order valence-electron chi connectivity index (χ1n) is 6.34. The van der Waals surface area contributed by atoms with Gasteiger partial charge in [0.25, 0.3) is 0 Å². The molecule has 0 aromatic heterocycles. The monoisotopic (exact) mass is 288 g/mol. The number of ether oxygens (including phenoxy) is 1. The van der Waals surface area contributed by atoms with Gasteiger partial charge in [0, 0.05) is 13.1 Å². The molecule has 1 saturated heterocycles. The maximum atomic E-state index is 11.8. The van der Waals surface area contributed by atoms with Crippen LogP contribution in [0.4, 0.5) is 4.79 Å². The van der Waals surface area contributed by atoms with Gasteiger partial charge in [-0.2, -0.15) is 0 Å². The van der Waals surface area contributed by atoms with Crippen molar-refractivity contribution in [3.05, 3.63) is 0 Å². The zero-order valence-electron chi connectivity index (χ0n) is 11.6. The lowest BCUT2D eigenvalue weighted by atomic mass is 9.97. The van der Waals surface area contributed by atoms with Crippen LogP contribution in [0.15, 0.2) is 0 Å². The number of amides is 2. The van der Waals surface area contributed by atoms with Crippen molar-refractivity contribution < 1.29 is 29.3 Å². The number of carboxylic acid groups (broad SMARTS) is 1. The lowest BCUT2D eigenvalue weighted by Crippen LogP contribution is -2.51. The SMILES string of the molecule is COC(=O)C1CCN(C(=O)NCC(C)(O)C(=O)O)CC1. The van der Waals surface area contributed by atoms with Crippen LogP contribution in [0, 0.1) is 5.92 Å². The summed E-state index contributed by atoms with van der Waals surface area (Å²) in [6.45, 7) is 1.51. The Balaban J connectivity index is 2.40. The summed E-state index contributed by atoms with van der Waals surface area (Å²) in [5.41, 5.74) is -2.00. The fourth-order valence-corrected chi connectivity index (χ4v) is 1.92. The number of esters is 1. The lowest BCUT2D eigenvalue weighted by molar-refractivity contribution is -0.155. The Bertz CT molecular complexity index is 387. The number of nitrogens with one attached hydrogen (secondary N) is 1. The third kappa shape index (κ3) is 4.09. The van der Waals surface area contributed by atoms with Gasteiger partial charge in [-0.25, -0.2) is 9.59 Å². The Hall–Kier alpha value is -1.83. The number of aliphatic hydroxyl groups is 1. The summed E-state index contributed by atoms with van der Waals surface area (Å²) in [5.74, 6) is -1.88. The molecule has 0 spiro atoms. The number of rotatable bonds is 4. The minimum atomic E-state index is -2.00. The maximum Gasteiger partial charge on any atom is 0.337 e. The van der Waals surface area contributed by atoms with E-state index in [9.17, 15) is 19.5 Å². The molecule has 0 aliphatic carbocycles. The molecule has 0 saturated carbocycles. The first-order chi connectivity index (χ1) is 9.27. The van der Waals surface area contributed by atoms with Gasteiger partial charge in [-0.1, -0.05) is 0 Å². The van der Waals surface area contributed by atoms with Crippen molar-refractivity contribution in [3.63, 3.8) is 0 Å². The Morgan fingerprint density at radius 3 is 2.35 bits per heavy atom. The summed E-state index contributed by atoms with van der Waals surface area (Å²) in [5, 5.41) is 20.6. The van der Waals surface area contributed by atoms with E-state index in [1.54, 1.807) is 0 Å². The van der Waals surface area contributed by atoms with E-state index < -0.39 is 17.6 Å². The molecule has 0 bridgehead atoms. The van der Waals surface area contributed by atoms with Gasteiger partial charge in [0.05, 0.1) is 19.6 Å². The molecule has 3 N–H and O–H groups in total. The summed E-state index contributed by atoms with van der Waals surface area (Å²) >= 11 is 0. The zero-order chi connectivity index (χ0) is 15.3. The van der Waals surface area contributed by atoms with Crippen LogP contribution >= 0.6 is 0 Å². The van der Waals surface area contributed by atoms with Crippen molar-refractivity contribution >= 4 is 18.0 Å². The Labute approximate surface area is 116 Å². The smallest absolute Gasteiger partial charge is 0.337 e. The van der Waals surface area contributed by atoms with Crippen molar-refractivity contribution in [2.75, 3.05) is 26.7 Å². The highest BCUT2D eigenvalue weighted by Gasteiger charge is 2.32. The maximum absolute atomic E-state index is 11.8. The molecular formula is C12H20N2O6. The third-order valence-electron chi connectivity index (χ3n) is 3.36. The van der Waals surface area contributed by atoms with E-state index in [-0.39, 0.29) is 18.4 Å². The molecule has 0 radical (unpaired) electrons. The van der Waals surface area contributed by atoms with Gasteiger partial charge in [0.2, 0.25) is 0 Å². The van der Waals surface area contributed by atoms with Crippen LogP contribution in [0.25, 0.3) is 0 Å². The second kappa shape index (κ2) is 6.56. The molecule has 1 atom stereocenters. The van der Waals surface area contributed by atoms with Crippen LogP contribution in [0.1, 0.15) is 19.8 Å². The number of hydrogen-bond acceptors (Lipinski definition) is 5. The average Bonchev–Trinajstić information content (AvgIpc) is 2.44. The molecule has 1 rings (SSSR count). The number of carboxylic acids is 1.